The van der Waals surface area contributed by atoms with E-state index in [1.165, 1.54) is 0 Å². The van der Waals surface area contributed by atoms with Crippen LogP contribution in [-0.2, 0) is 0 Å². The molecule has 0 aliphatic rings. The molecule has 108 valence electrons. The molecule has 2 aromatic heterocycles. The molecule has 2 rings (SSSR count). The Kier molecular flexibility index (Phi) is 4.83. The third-order valence-electron chi connectivity index (χ3n) is 2.63. The molecule has 0 fully saturated rings. The van der Waals surface area contributed by atoms with Crippen molar-refractivity contribution in [2.45, 2.75) is 26.3 Å². The number of rotatable bonds is 7. The molecule has 0 saturated carbocycles. The first-order valence-corrected chi connectivity index (χ1v) is 6.58. The Balaban J connectivity index is 2.26. The Bertz CT molecular complexity index is 529. The van der Waals surface area contributed by atoms with Gasteiger partial charge in [0.25, 0.3) is 0 Å². The van der Waals surface area contributed by atoms with E-state index in [0.717, 1.165) is 6.54 Å². The lowest BCUT2D eigenvalue weighted by atomic mass is 10.2. The van der Waals surface area contributed by atoms with E-state index in [4.69, 9.17) is 5.11 Å². The molecule has 0 bridgehead atoms. The summed E-state index contributed by atoms with van der Waals surface area (Å²) in [5.41, 5.74) is 0. The maximum absolute atomic E-state index is 8.94. The van der Waals surface area contributed by atoms with Crippen LogP contribution in [-0.4, -0.2) is 48.8 Å². The summed E-state index contributed by atoms with van der Waals surface area (Å²) >= 11 is 0. The summed E-state index contributed by atoms with van der Waals surface area (Å²) in [6, 6.07) is 0.0764. The van der Waals surface area contributed by atoms with Crippen molar-refractivity contribution in [2.24, 2.45) is 0 Å². The van der Waals surface area contributed by atoms with Gasteiger partial charge in [0.2, 0.25) is 17.8 Å². The fourth-order valence-corrected chi connectivity index (χ4v) is 1.65. The molecule has 3 N–H and O–H groups in total. The second-order valence-corrected chi connectivity index (χ2v) is 4.34. The number of aliphatic hydroxyl groups excluding tert-OH is 1. The largest absolute Gasteiger partial charge is 0.396 e. The van der Waals surface area contributed by atoms with Crippen molar-refractivity contribution in [2.75, 3.05) is 23.8 Å². The van der Waals surface area contributed by atoms with Crippen molar-refractivity contribution in [1.82, 2.24) is 24.5 Å². The molecule has 0 saturated heterocycles. The highest BCUT2D eigenvalue weighted by Gasteiger charge is 2.09. The number of nitrogens with zero attached hydrogens (tertiary/aromatic N) is 5. The predicted molar refractivity (Wildman–Crippen MR) is 75.9 cm³/mol. The van der Waals surface area contributed by atoms with Crippen LogP contribution in [0.4, 0.5) is 11.9 Å². The van der Waals surface area contributed by atoms with E-state index in [1.807, 2.05) is 13.8 Å². The highest BCUT2D eigenvalue weighted by Crippen LogP contribution is 2.10. The third kappa shape index (κ3) is 3.64. The standard InChI is InChI=1S/C12H19N7O/c1-3-14-10-16-11(15-9(2)4-7-20)18-12(17-10)19-6-5-13-8-19/h5-6,8-9,20H,3-4,7H2,1-2H3,(H2,14,15,16,17,18). The normalized spacial score (nSPS) is 12.2. The Hall–Kier alpha value is -2.22. The van der Waals surface area contributed by atoms with E-state index in [0.29, 0.717) is 24.3 Å². The van der Waals surface area contributed by atoms with E-state index in [-0.39, 0.29) is 12.6 Å². The van der Waals surface area contributed by atoms with Crippen LogP contribution in [0.15, 0.2) is 18.7 Å². The van der Waals surface area contributed by atoms with Crippen molar-refractivity contribution in [3.8, 4) is 5.95 Å². The van der Waals surface area contributed by atoms with Gasteiger partial charge in [-0.15, -0.1) is 0 Å². The van der Waals surface area contributed by atoms with Crippen molar-refractivity contribution in [3.63, 3.8) is 0 Å². The smallest absolute Gasteiger partial charge is 0.241 e. The minimum absolute atomic E-state index is 0.0764. The Morgan fingerprint density at radius 2 is 2.10 bits per heavy atom. The highest BCUT2D eigenvalue weighted by atomic mass is 16.3. The molecule has 0 aliphatic carbocycles. The first-order chi connectivity index (χ1) is 9.72. The van der Waals surface area contributed by atoms with Gasteiger partial charge in [-0.05, 0) is 20.3 Å². The number of imidazole rings is 1. The molecule has 0 radical (unpaired) electrons. The summed E-state index contributed by atoms with van der Waals surface area (Å²) in [7, 11) is 0. The lowest BCUT2D eigenvalue weighted by Gasteiger charge is -2.14. The van der Waals surface area contributed by atoms with Crippen LogP contribution in [0.3, 0.4) is 0 Å². The molecule has 1 atom stereocenters. The highest BCUT2D eigenvalue weighted by molar-refractivity contribution is 5.38. The second kappa shape index (κ2) is 6.80. The van der Waals surface area contributed by atoms with Crippen LogP contribution in [0, 0.1) is 0 Å². The zero-order valence-electron chi connectivity index (χ0n) is 11.6. The number of nitrogens with one attached hydrogen (secondary N) is 2. The molecule has 0 aromatic carbocycles. The van der Waals surface area contributed by atoms with Crippen LogP contribution >= 0.6 is 0 Å². The van der Waals surface area contributed by atoms with E-state index in [9.17, 15) is 0 Å². The summed E-state index contributed by atoms with van der Waals surface area (Å²) in [5, 5.41) is 15.2. The van der Waals surface area contributed by atoms with Gasteiger partial charge in [0.15, 0.2) is 0 Å². The molecule has 2 heterocycles. The molecule has 20 heavy (non-hydrogen) atoms. The predicted octanol–water partition coefficient (Wildman–Crippen LogP) is 0.672. The average Bonchev–Trinajstić information content (AvgIpc) is 2.93. The van der Waals surface area contributed by atoms with Gasteiger partial charge in [-0.1, -0.05) is 0 Å². The monoisotopic (exact) mass is 277 g/mol. The first-order valence-electron chi connectivity index (χ1n) is 6.58. The molecular formula is C12H19N7O. The molecule has 8 nitrogen and oxygen atoms in total. The quantitative estimate of drug-likeness (QED) is 0.683. The number of aliphatic hydroxyl groups is 1. The third-order valence-corrected chi connectivity index (χ3v) is 2.63. The Morgan fingerprint density at radius 3 is 2.75 bits per heavy atom. The van der Waals surface area contributed by atoms with Crippen molar-refractivity contribution in [1.29, 1.82) is 0 Å². The second-order valence-electron chi connectivity index (χ2n) is 4.34. The fraction of sp³-hybridized carbons (Fsp3) is 0.500. The minimum atomic E-state index is 0.0764. The van der Waals surface area contributed by atoms with E-state index in [1.54, 1.807) is 23.3 Å². The molecule has 1 unspecified atom stereocenters. The maximum atomic E-state index is 8.94. The molecular weight excluding hydrogens is 258 g/mol. The van der Waals surface area contributed by atoms with Gasteiger partial charge in [0, 0.05) is 31.6 Å². The lowest BCUT2D eigenvalue weighted by molar-refractivity contribution is 0.282. The molecule has 0 spiro atoms. The molecule has 2 aromatic rings. The Labute approximate surface area is 117 Å². The molecule has 8 heteroatoms. The first kappa shape index (κ1) is 14.2. The Morgan fingerprint density at radius 1 is 1.30 bits per heavy atom. The fourth-order valence-electron chi connectivity index (χ4n) is 1.65. The SMILES string of the molecule is CCNc1nc(NC(C)CCO)nc(-n2ccnc2)n1. The lowest BCUT2D eigenvalue weighted by Crippen LogP contribution is -2.20. The topological polar surface area (TPSA) is 101 Å². The van der Waals surface area contributed by atoms with Gasteiger partial charge in [0.1, 0.15) is 6.33 Å². The van der Waals surface area contributed by atoms with Crippen LogP contribution in [0.1, 0.15) is 20.3 Å². The average molecular weight is 277 g/mol. The van der Waals surface area contributed by atoms with E-state index >= 15 is 0 Å². The number of hydrogen-bond acceptors (Lipinski definition) is 7. The molecule has 0 amide bonds. The summed E-state index contributed by atoms with van der Waals surface area (Å²) < 4.78 is 1.71. The maximum Gasteiger partial charge on any atom is 0.241 e. The van der Waals surface area contributed by atoms with Crippen LogP contribution in [0.25, 0.3) is 5.95 Å². The van der Waals surface area contributed by atoms with Crippen LogP contribution < -0.4 is 10.6 Å². The summed E-state index contributed by atoms with van der Waals surface area (Å²) in [6.07, 6.45) is 5.69. The molecule has 0 aliphatic heterocycles. The number of anilines is 2. The van der Waals surface area contributed by atoms with Gasteiger partial charge < -0.3 is 15.7 Å². The van der Waals surface area contributed by atoms with Gasteiger partial charge in [-0.3, -0.25) is 4.57 Å². The van der Waals surface area contributed by atoms with Gasteiger partial charge >= 0.3 is 0 Å². The van der Waals surface area contributed by atoms with E-state index in [2.05, 4.69) is 30.6 Å². The number of aromatic nitrogens is 5. The van der Waals surface area contributed by atoms with Gasteiger partial charge in [0.05, 0.1) is 0 Å². The van der Waals surface area contributed by atoms with Gasteiger partial charge in [-0.2, -0.15) is 15.0 Å². The zero-order valence-corrected chi connectivity index (χ0v) is 11.6. The van der Waals surface area contributed by atoms with Crippen LogP contribution in [0.5, 0.6) is 0 Å². The van der Waals surface area contributed by atoms with Crippen molar-refractivity contribution < 1.29 is 5.11 Å². The zero-order chi connectivity index (χ0) is 14.4. The van der Waals surface area contributed by atoms with Crippen LogP contribution in [0.2, 0.25) is 0 Å². The minimum Gasteiger partial charge on any atom is -0.396 e. The van der Waals surface area contributed by atoms with E-state index < -0.39 is 0 Å². The van der Waals surface area contributed by atoms with Crippen molar-refractivity contribution >= 4 is 11.9 Å². The summed E-state index contributed by atoms with van der Waals surface area (Å²) in [4.78, 5) is 16.9. The number of hydrogen-bond donors (Lipinski definition) is 3. The van der Waals surface area contributed by atoms with Gasteiger partial charge in [-0.25, -0.2) is 4.98 Å². The summed E-state index contributed by atoms with van der Waals surface area (Å²) in [6.45, 7) is 4.78. The van der Waals surface area contributed by atoms with Crippen molar-refractivity contribution in [3.05, 3.63) is 18.7 Å². The summed E-state index contributed by atoms with van der Waals surface area (Å²) in [5.74, 6) is 1.47.